The van der Waals surface area contributed by atoms with Crippen LogP contribution in [0.25, 0.3) is 0 Å². The van der Waals surface area contributed by atoms with Gasteiger partial charge in [-0.05, 0) is 18.6 Å². The molecule has 0 radical (unpaired) electrons. The van der Waals surface area contributed by atoms with Crippen LogP contribution in [-0.4, -0.2) is 22.4 Å². The summed E-state index contributed by atoms with van der Waals surface area (Å²) in [5, 5.41) is 5.15. The number of hydrogen-bond acceptors (Lipinski definition) is 4. The van der Waals surface area contributed by atoms with Crippen LogP contribution in [0.1, 0.15) is 30.3 Å². The van der Waals surface area contributed by atoms with Crippen LogP contribution in [0.5, 0.6) is 0 Å². The highest BCUT2D eigenvalue weighted by atomic mass is 19.2. The monoisotopic (exact) mass is 324 g/mol. The van der Waals surface area contributed by atoms with E-state index in [0.717, 1.165) is 25.0 Å². The summed E-state index contributed by atoms with van der Waals surface area (Å²) < 4.78 is 39.5. The number of nitrogens with one attached hydrogen (secondary N) is 2. The second kappa shape index (κ2) is 7.57. The molecule has 23 heavy (non-hydrogen) atoms. The third-order valence-electron chi connectivity index (χ3n) is 3.00. The minimum atomic E-state index is -1.57. The van der Waals surface area contributed by atoms with Crippen molar-refractivity contribution in [3.63, 3.8) is 0 Å². The lowest BCUT2D eigenvalue weighted by Gasteiger charge is -2.08. The fraction of sp³-hybridized carbons (Fsp3) is 0.267. The first kappa shape index (κ1) is 16.7. The van der Waals surface area contributed by atoms with Crippen LogP contribution < -0.4 is 10.6 Å². The van der Waals surface area contributed by atoms with Crippen LogP contribution in [0.3, 0.4) is 0 Å². The summed E-state index contributed by atoms with van der Waals surface area (Å²) in [7, 11) is 0. The predicted octanol–water partition coefficient (Wildman–Crippen LogP) is 3.17. The molecular weight excluding hydrogens is 309 g/mol. The molecule has 122 valence electrons. The van der Waals surface area contributed by atoms with Crippen LogP contribution in [0.15, 0.2) is 24.5 Å². The molecule has 0 aliphatic rings. The van der Waals surface area contributed by atoms with E-state index in [4.69, 9.17) is 0 Å². The number of nitrogens with zero attached hydrogens (tertiary/aromatic N) is 2. The van der Waals surface area contributed by atoms with E-state index in [1.165, 1.54) is 12.4 Å². The van der Waals surface area contributed by atoms with Gasteiger partial charge in [0.2, 0.25) is 0 Å². The Balaban J connectivity index is 2.06. The van der Waals surface area contributed by atoms with Crippen molar-refractivity contribution in [1.29, 1.82) is 0 Å². The molecule has 0 aliphatic heterocycles. The predicted molar refractivity (Wildman–Crippen MR) is 78.9 cm³/mol. The van der Waals surface area contributed by atoms with E-state index in [9.17, 15) is 18.0 Å². The average Bonchev–Trinajstić information content (AvgIpc) is 2.56. The molecule has 0 bridgehead atoms. The Bertz CT molecular complexity index is 692. The summed E-state index contributed by atoms with van der Waals surface area (Å²) in [6, 6.07) is 1.84. The quantitative estimate of drug-likeness (QED) is 0.633. The van der Waals surface area contributed by atoms with Crippen molar-refractivity contribution in [3.05, 3.63) is 47.7 Å². The van der Waals surface area contributed by atoms with Crippen molar-refractivity contribution in [2.45, 2.75) is 19.8 Å². The zero-order chi connectivity index (χ0) is 16.8. The van der Waals surface area contributed by atoms with Crippen molar-refractivity contribution in [3.8, 4) is 0 Å². The highest BCUT2D eigenvalue weighted by Crippen LogP contribution is 2.22. The van der Waals surface area contributed by atoms with Gasteiger partial charge in [0, 0.05) is 6.54 Å². The normalized spacial score (nSPS) is 10.4. The van der Waals surface area contributed by atoms with Crippen molar-refractivity contribution in [2.75, 3.05) is 11.9 Å². The second-order valence-corrected chi connectivity index (χ2v) is 4.74. The number of anilines is 2. The van der Waals surface area contributed by atoms with Gasteiger partial charge in [0.1, 0.15) is 11.5 Å². The third-order valence-corrected chi connectivity index (χ3v) is 3.00. The first-order valence-corrected chi connectivity index (χ1v) is 7.03. The standard InChI is InChI=1S/C15H15F3N4O/c1-2-3-6-19-15(23)11-7-21-12(8-20-11)22-10-5-4-9(16)13(17)14(10)18/h4-5,7-8H,2-3,6H2,1H3,(H,19,23)(H,21,22). The fourth-order valence-corrected chi connectivity index (χ4v) is 1.74. The lowest BCUT2D eigenvalue weighted by atomic mass is 10.3. The van der Waals surface area contributed by atoms with Gasteiger partial charge in [-0.1, -0.05) is 13.3 Å². The Hall–Kier alpha value is -2.64. The highest BCUT2D eigenvalue weighted by Gasteiger charge is 2.14. The minimum absolute atomic E-state index is 0.0972. The molecule has 0 spiro atoms. The fourth-order valence-electron chi connectivity index (χ4n) is 1.74. The SMILES string of the molecule is CCCCNC(=O)c1cnc(Nc2ccc(F)c(F)c2F)cn1. The molecule has 0 atom stereocenters. The number of unbranched alkanes of at least 4 members (excludes halogenated alkanes) is 1. The minimum Gasteiger partial charge on any atom is -0.351 e. The Labute approximate surface area is 131 Å². The maximum absolute atomic E-state index is 13.5. The second-order valence-electron chi connectivity index (χ2n) is 4.74. The van der Waals surface area contributed by atoms with Gasteiger partial charge in [0.05, 0.1) is 18.1 Å². The van der Waals surface area contributed by atoms with Gasteiger partial charge in [-0.2, -0.15) is 0 Å². The first-order valence-electron chi connectivity index (χ1n) is 7.03. The van der Waals surface area contributed by atoms with E-state index >= 15 is 0 Å². The number of rotatable bonds is 6. The molecule has 0 saturated heterocycles. The molecule has 0 unspecified atom stereocenters. The van der Waals surface area contributed by atoms with Crippen molar-refractivity contribution < 1.29 is 18.0 Å². The molecule has 1 aromatic carbocycles. The maximum atomic E-state index is 13.5. The van der Waals surface area contributed by atoms with E-state index in [1.807, 2.05) is 6.92 Å². The molecule has 0 fully saturated rings. The van der Waals surface area contributed by atoms with Crippen LogP contribution in [0.2, 0.25) is 0 Å². The topological polar surface area (TPSA) is 66.9 Å². The van der Waals surface area contributed by atoms with Crippen LogP contribution >= 0.6 is 0 Å². The third kappa shape index (κ3) is 4.18. The number of hydrogen-bond donors (Lipinski definition) is 2. The lowest BCUT2D eigenvalue weighted by molar-refractivity contribution is 0.0948. The number of halogens is 3. The zero-order valence-electron chi connectivity index (χ0n) is 12.4. The Kier molecular flexibility index (Phi) is 5.51. The number of carbonyl (C=O) groups is 1. The smallest absolute Gasteiger partial charge is 0.271 e. The van der Waals surface area contributed by atoms with Crippen molar-refractivity contribution >= 4 is 17.4 Å². The van der Waals surface area contributed by atoms with Crippen molar-refractivity contribution in [2.24, 2.45) is 0 Å². The Morgan fingerprint density at radius 3 is 2.57 bits per heavy atom. The van der Waals surface area contributed by atoms with E-state index < -0.39 is 17.5 Å². The summed E-state index contributed by atoms with van der Waals surface area (Å²) in [4.78, 5) is 19.5. The number of carbonyl (C=O) groups excluding carboxylic acids is 1. The van der Waals surface area contributed by atoms with E-state index in [1.54, 1.807) is 0 Å². The van der Waals surface area contributed by atoms with Gasteiger partial charge < -0.3 is 10.6 Å². The van der Waals surface area contributed by atoms with Gasteiger partial charge in [0.15, 0.2) is 17.5 Å². The molecule has 2 aromatic rings. The van der Waals surface area contributed by atoms with Crippen molar-refractivity contribution in [1.82, 2.24) is 15.3 Å². The van der Waals surface area contributed by atoms with E-state index in [-0.39, 0.29) is 23.1 Å². The summed E-state index contributed by atoms with van der Waals surface area (Å²) in [6.45, 7) is 2.54. The number of benzene rings is 1. The lowest BCUT2D eigenvalue weighted by Crippen LogP contribution is -2.25. The average molecular weight is 324 g/mol. The molecule has 5 nitrogen and oxygen atoms in total. The molecule has 0 aliphatic carbocycles. The summed E-state index contributed by atoms with van der Waals surface area (Å²) in [6.07, 6.45) is 4.22. The molecule has 2 N–H and O–H groups in total. The number of aromatic nitrogens is 2. The zero-order valence-corrected chi connectivity index (χ0v) is 12.4. The molecule has 0 saturated carbocycles. The largest absolute Gasteiger partial charge is 0.351 e. The molecule has 1 heterocycles. The molecular formula is C15H15F3N4O. The van der Waals surface area contributed by atoms with Gasteiger partial charge in [-0.15, -0.1) is 0 Å². The Morgan fingerprint density at radius 1 is 1.13 bits per heavy atom. The summed E-state index contributed by atoms with van der Waals surface area (Å²) >= 11 is 0. The number of amides is 1. The molecule has 2 rings (SSSR count). The van der Waals surface area contributed by atoms with Gasteiger partial charge in [0.25, 0.3) is 5.91 Å². The summed E-state index contributed by atoms with van der Waals surface area (Å²) in [5.74, 6) is -4.47. The Morgan fingerprint density at radius 2 is 1.91 bits per heavy atom. The van der Waals surface area contributed by atoms with Gasteiger partial charge >= 0.3 is 0 Å². The highest BCUT2D eigenvalue weighted by molar-refractivity contribution is 5.92. The van der Waals surface area contributed by atoms with E-state index in [2.05, 4.69) is 20.6 Å². The molecule has 1 amide bonds. The summed E-state index contributed by atoms with van der Waals surface area (Å²) in [5.41, 5.74) is -0.171. The van der Waals surface area contributed by atoms with Gasteiger partial charge in [-0.25, -0.2) is 23.1 Å². The maximum Gasteiger partial charge on any atom is 0.271 e. The molecule has 1 aromatic heterocycles. The molecule has 8 heteroatoms. The van der Waals surface area contributed by atoms with E-state index in [0.29, 0.717) is 6.54 Å². The van der Waals surface area contributed by atoms with Crippen LogP contribution in [-0.2, 0) is 0 Å². The van der Waals surface area contributed by atoms with Gasteiger partial charge in [-0.3, -0.25) is 4.79 Å². The van der Waals surface area contributed by atoms with Crippen LogP contribution in [0, 0.1) is 17.5 Å². The van der Waals surface area contributed by atoms with Crippen LogP contribution in [0.4, 0.5) is 24.7 Å². The first-order chi connectivity index (χ1) is 11.0.